The summed E-state index contributed by atoms with van der Waals surface area (Å²) in [6.45, 7) is 1.62. The number of benzene rings is 2. The minimum Gasteiger partial charge on any atom is -0.322 e. The third kappa shape index (κ3) is 7.62. The molecular weight excluding hydrogens is 425 g/mol. The van der Waals surface area contributed by atoms with Crippen LogP contribution < -0.4 is 0 Å². The van der Waals surface area contributed by atoms with E-state index < -0.39 is 8.53 Å². The van der Waals surface area contributed by atoms with Gasteiger partial charge in [0.1, 0.15) is 0 Å². The second kappa shape index (κ2) is 14.2. The predicted octanol–water partition coefficient (Wildman–Crippen LogP) is 8.81. The molecule has 1 saturated heterocycles. The van der Waals surface area contributed by atoms with Crippen LogP contribution in [-0.2, 0) is 9.05 Å². The molecule has 0 bridgehead atoms. The van der Waals surface area contributed by atoms with Crippen molar-refractivity contribution in [2.45, 2.75) is 95.6 Å². The highest BCUT2D eigenvalue weighted by Crippen LogP contribution is 2.53. The Labute approximate surface area is 202 Å². The van der Waals surface area contributed by atoms with Gasteiger partial charge < -0.3 is 9.05 Å². The van der Waals surface area contributed by atoms with Crippen LogP contribution in [0.5, 0.6) is 0 Å². The molecule has 0 atom stereocenters. The van der Waals surface area contributed by atoms with Crippen molar-refractivity contribution in [1.82, 2.24) is 4.67 Å². The molecule has 1 aliphatic carbocycles. The van der Waals surface area contributed by atoms with Gasteiger partial charge in [-0.2, -0.15) is 0 Å². The van der Waals surface area contributed by atoms with Gasteiger partial charge in [0.2, 0.25) is 0 Å². The summed E-state index contributed by atoms with van der Waals surface area (Å²) >= 11 is 0. The Morgan fingerprint density at radius 2 is 1.00 bits per heavy atom. The Morgan fingerprint density at radius 1 is 0.576 bits per heavy atom. The fourth-order valence-corrected chi connectivity index (χ4v) is 7.14. The van der Waals surface area contributed by atoms with Crippen LogP contribution in [0.25, 0.3) is 0 Å². The average molecular weight is 468 g/mol. The Kier molecular flexibility index (Phi) is 10.7. The number of nitrogens with zero attached hydrogens (tertiary/aromatic N) is 1. The number of hydrogen-bond donors (Lipinski definition) is 0. The van der Waals surface area contributed by atoms with E-state index in [0.717, 1.165) is 26.1 Å². The predicted molar refractivity (Wildman–Crippen MR) is 139 cm³/mol. The van der Waals surface area contributed by atoms with Crippen molar-refractivity contribution < 1.29 is 9.05 Å². The van der Waals surface area contributed by atoms with Crippen molar-refractivity contribution in [2.75, 3.05) is 13.2 Å². The van der Waals surface area contributed by atoms with E-state index in [1.165, 1.54) is 81.8 Å². The molecule has 0 spiro atoms. The second-order valence-corrected chi connectivity index (χ2v) is 11.1. The van der Waals surface area contributed by atoms with Gasteiger partial charge in [0.15, 0.2) is 0 Å². The van der Waals surface area contributed by atoms with Crippen LogP contribution in [0.1, 0.15) is 101 Å². The molecule has 0 amide bonds. The summed E-state index contributed by atoms with van der Waals surface area (Å²) in [4.78, 5) is 0. The molecule has 1 heterocycles. The van der Waals surface area contributed by atoms with Crippen molar-refractivity contribution in [3.05, 3.63) is 71.8 Å². The lowest BCUT2D eigenvalue weighted by Crippen LogP contribution is -2.37. The topological polar surface area (TPSA) is 21.7 Å². The van der Waals surface area contributed by atoms with Gasteiger partial charge in [0.25, 0.3) is 8.53 Å². The maximum absolute atomic E-state index is 6.65. The van der Waals surface area contributed by atoms with Crippen molar-refractivity contribution >= 4 is 8.53 Å². The van der Waals surface area contributed by atoms with Gasteiger partial charge >= 0.3 is 0 Å². The van der Waals surface area contributed by atoms with Crippen molar-refractivity contribution in [3.8, 4) is 0 Å². The van der Waals surface area contributed by atoms with Crippen molar-refractivity contribution in [1.29, 1.82) is 0 Å². The van der Waals surface area contributed by atoms with Gasteiger partial charge in [-0.3, -0.25) is 0 Å². The Bertz CT molecular complexity index is 712. The first-order valence-corrected chi connectivity index (χ1v) is 14.5. The van der Waals surface area contributed by atoms with Crippen LogP contribution in [-0.4, -0.2) is 23.9 Å². The molecule has 0 unspecified atom stereocenters. The molecule has 4 heteroatoms. The highest BCUT2D eigenvalue weighted by Gasteiger charge is 2.37. The molecule has 1 aliphatic heterocycles. The Hall–Kier alpha value is -1.25. The van der Waals surface area contributed by atoms with Crippen LogP contribution in [0, 0.1) is 0 Å². The molecule has 2 aromatic rings. The highest BCUT2D eigenvalue weighted by atomic mass is 31.2. The molecule has 2 fully saturated rings. The van der Waals surface area contributed by atoms with Crippen LogP contribution in [0.15, 0.2) is 60.7 Å². The zero-order valence-corrected chi connectivity index (χ0v) is 21.1. The number of rotatable bonds is 5. The minimum absolute atomic E-state index is 0.160. The normalized spacial score (nSPS) is 20.8. The van der Waals surface area contributed by atoms with E-state index in [2.05, 4.69) is 65.3 Å². The van der Waals surface area contributed by atoms with Crippen LogP contribution in [0.2, 0.25) is 0 Å². The highest BCUT2D eigenvalue weighted by molar-refractivity contribution is 7.44. The first-order valence-electron chi connectivity index (χ1n) is 13.4. The summed E-state index contributed by atoms with van der Waals surface area (Å²) in [7, 11) is -1.12. The first-order chi connectivity index (χ1) is 16.4. The third-order valence-corrected chi connectivity index (χ3v) is 8.82. The van der Waals surface area contributed by atoms with E-state index in [-0.39, 0.29) is 6.04 Å². The van der Waals surface area contributed by atoms with Gasteiger partial charge in [0, 0.05) is 6.04 Å². The quantitative estimate of drug-likeness (QED) is 0.410. The van der Waals surface area contributed by atoms with Gasteiger partial charge in [-0.05, 0) is 36.8 Å². The summed E-state index contributed by atoms with van der Waals surface area (Å²) < 4.78 is 16.0. The van der Waals surface area contributed by atoms with Crippen LogP contribution in [0.3, 0.4) is 0 Å². The maximum Gasteiger partial charge on any atom is 0.259 e. The van der Waals surface area contributed by atoms with Crippen molar-refractivity contribution in [2.24, 2.45) is 0 Å². The molecular formula is C29H42NO2P. The molecule has 3 nitrogen and oxygen atoms in total. The monoisotopic (exact) mass is 467 g/mol. The molecule has 4 rings (SSSR count). The van der Waals surface area contributed by atoms with E-state index in [1.54, 1.807) is 0 Å². The van der Waals surface area contributed by atoms with Crippen molar-refractivity contribution in [3.63, 3.8) is 0 Å². The molecule has 180 valence electrons. The molecule has 2 aromatic carbocycles. The molecule has 2 aliphatic rings. The standard InChI is InChI=1S/C29H42NO2P/c1-2-7-17-25-32-33(31-24-16-6-1)30(28-22-14-4-3-5-15-23-28)29(26-18-10-8-11-19-26)27-20-12-9-13-21-27/h8-13,18-21,28-29H,1-7,14-17,22-25H2. The Morgan fingerprint density at radius 3 is 1.48 bits per heavy atom. The Balaban J connectivity index is 1.71. The fourth-order valence-electron chi connectivity index (χ4n) is 5.27. The SMILES string of the molecule is c1ccc(C(c2ccccc2)N(C2CCCCCCC2)P2OCCCCCCCCO2)cc1. The lowest BCUT2D eigenvalue weighted by Gasteiger charge is -2.42. The molecule has 1 saturated carbocycles. The van der Waals surface area contributed by atoms with E-state index in [4.69, 9.17) is 9.05 Å². The second-order valence-electron chi connectivity index (χ2n) is 9.63. The zero-order valence-electron chi connectivity index (χ0n) is 20.2. The lowest BCUT2D eigenvalue weighted by atomic mass is 9.93. The first kappa shape index (κ1) is 24.9. The van der Waals surface area contributed by atoms with Gasteiger partial charge in [0.05, 0.1) is 19.3 Å². The summed E-state index contributed by atoms with van der Waals surface area (Å²) in [5.41, 5.74) is 2.68. The zero-order chi connectivity index (χ0) is 22.6. The molecule has 0 aromatic heterocycles. The van der Waals surface area contributed by atoms with Crippen LogP contribution in [0.4, 0.5) is 0 Å². The summed E-state index contributed by atoms with van der Waals surface area (Å²) in [5, 5.41) is 0. The summed E-state index contributed by atoms with van der Waals surface area (Å²) in [6, 6.07) is 22.7. The van der Waals surface area contributed by atoms with Gasteiger partial charge in [-0.15, -0.1) is 0 Å². The average Bonchev–Trinajstić information content (AvgIpc) is 2.90. The molecule has 33 heavy (non-hydrogen) atoms. The molecule has 0 N–H and O–H groups in total. The van der Waals surface area contributed by atoms with E-state index in [9.17, 15) is 0 Å². The largest absolute Gasteiger partial charge is 0.322 e. The molecule has 0 radical (unpaired) electrons. The van der Waals surface area contributed by atoms with Gasteiger partial charge in [-0.1, -0.05) is 118 Å². The lowest BCUT2D eigenvalue weighted by molar-refractivity contribution is 0.150. The minimum atomic E-state index is -1.12. The van der Waals surface area contributed by atoms with E-state index in [1.807, 2.05) is 0 Å². The van der Waals surface area contributed by atoms with Crippen LogP contribution >= 0.6 is 8.53 Å². The third-order valence-electron chi connectivity index (χ3n) is 7.07. The maximum atomic E-state index is 6.65. The smallest absolute Gasteiger partial charge is 0.259 e. The van der Waals surface area contributed by atoms with E-state index >= 15 is 0 Å². The number of hydrogen-bond acceptors (Lipinski definition) is 3. The van der Waals surface area contributed by atoms with Gasteiger partial charge in [-0.25, -0.2) is 4.67 Å². The summed E-state index contributed by atoms with van der Waals surface area (Å²) in [5.74, 6) is 0. The summed E-state index contributed by atoms with van der Waals surface area (Å²) in [6.07, 6.45) is 16.6. The van der Waals surface area contributed by atoms with E-state index in [0.29, 0.717) is 6.04 Å². The fraction of sp³-hybridized carbons (Fsp3) is 0.586.